The van der Waals surface area contributed by atoms with Gasteiger partial charge in [0.1, 0.15) is 6.61 Å². The van der Waals surface area contributed by atoms with E-state index in [1.165, 1.54) is 17.1 Å². The molecule has 0 spiro atoms. The van der Waals surface area contributed by atoms with Crippen molar-refractivity contribution in [2.45, 2.75) is 38.6 Å². The van der Waals surface area contributed by atoms with Crippen molar-refractivity contribution in [1.29, 1.82) is 0 Å². The second-order valence-electron chi connectivity index (χ2n) is 6.18. The highest BCUT2D eigenvalue weighted by molar-refractivity contribution is 6.04. The third-order valence-electron chi connectivity index (χ3n) is 3.32. The molecule has 2 rings (SSSR count). The van der Waals surface area contributed by atoms with E-state index in [1.807, 2.05) is 12.1 Å². The molecule has 0 fully saturated rings. The largest absolute Gasteiger partial charge is 0.411 e. The summed E-state index contributed by atoms with van der Waals surface area (Å²) in [7, 11) is 0. The second kappa shape index (κ2) is 5.76. The number of hydrogen-bond acceptors (Lipinski definition) is 2. The van der Waals surface area contributed by atoms with E-state index in [2.05, 4.69) is 20.8 Å². The molecule has 6 heteroatoms. The van der Waals surface area contributed by atoms with E-state index in [9.17, 15) is 18.0 Å². The van der Waals surface area contributed by atoms with Gasteiger partial charge in [-0.05, 0) is 29.2 Å². The van der Waals surface area contributed by atoms with Gasteiger partial charge in [0, 0.05) is 11.8 Å². The molecule has 1 atom stereocenters. The van der Waals surface area contributed by atoms with Crippen LogP contribution in [0.2, 0.25) is 0 Å². The average Bonchev–Trinajstić information content (AvgIpc) is 2.76. The van der Waals surface area contributed by atoms with Gasteiger partial charge in [-0.3, -0.25) is 9.69 Å². The minimum atomic E-state index is -4.43. The normalized spacial score (nSPS) is 19.1. The van der Waals surface area contributed by atoms with E-state index in [0.29, 0.717) is 5.69 Å². The Bertz CT molecular complexity index is 571. The van der Waals surface area contributed by atoms with E-state index >= 15 is 0 Å². The first kappa shape index (κ1) is 16.5. The molecule has 1 heterocycles. The maximum Gasteiger partial charge on any atom is 0.411 e. The van der Waals surface area contributed by atoms with Crippen LogP contribution in [0.4, 0.5) is 18.9 Å². The average molecular weight is 313 g/mol. The Morgan fingerprint density at radius 2 is 1.73 bits per heavy atom. The molecule has 1 aromatic carbocycles. The Hall–Kier alpha value is -1.82. The summed E-state index contributed by atoms with van der Waals surface area (Å²) in [4.78, 5) is 13.1. The molecule has 1 amide bonds. The SMILES string of the molecule is CC(C)(C)c1ccc(N2C(=O)C=CC2OCC(F)(F)F)cc1. The Kier molecular flexibility index (Phi) is 4.33. The summed E-state index contributed by atoms with van der Waals surface area (Å²) in [5.41, 5.74) is 1.54. The number of rotatable bonds is 3. The van der Waals surface area contributed by atoms with Gasteiger partial charge >= 0.3 is 6.18 Å². The highest BCUT2D eigenvalue weighted by atomic mass is 19.4. The van der Waals surface area contributed by atoms with Crippen molar-refractivity contribution >= 4 is 11.6 Å². The van der Waals surface area contributed by atoms with Crippen molar-refractivity contribution < 1.29 is 22.7 Å². The fourth-order valence-corrected chi connectivity index (χ4v) is 2.16. The standard InChI is InChI=1S/C16H18F3NO2/c1-15(2,3)11-4-6-12(7-5-11)20-13(21)8-9-14(20)22-10-16(17,18)19/h4-9,14H,10H2,1-3H3. The number of halogens is 3. The van der Waals surface area contributed by atoms with Gasteiger partial charge in [-0.25, -0.2) is 0 Å². The van der Waals surface area contributed by atoms with Gasteiger partial charge in [-0.15, -0.1) is 0 Å². The van der Waals surface area contributed by atoms with Crippen molar-refractivity contribution in [3.63, 3.8) is 0 Å². The summed E-state index contributed by atoms with van der Waals surface area (Å²) in [6.45, 7) is 4.77. The minimum absolute atomic E-state index is 0.0437. The predicted molar refractivity (Wildman–Crippen MR) is 77.6 cm³/mol. The van der Waals surface area contributed by atoms with Crippen molar-refractivity contribution in [3.05, 3.63) is 42.0 Å². The molecule has 0 aliphatic carbocycles. The minimum Gasteiger partial charge on any atom is -0.345 e. The van der Waals surface area contributed by atoms with Gasteiger partial charge < -0.3 is 4.74 Å². The number of anilines is 1. The summed E-state index contributed by atoms with van der Waals surface area (Å²) in [5, 5.41) is 0. The van der Waals surface area contributed by atoms with Crippen LogP contribution in [0.3, 0.4) is 0 Å². The zero-order valence-corrected chi connectivity index (χ0v) is 12.6. The van der Waals surface area contributed by atoms with E-state index in [-0.39, 0.29) is 5.41 Å². The smallest absolute Gasteiger partial charge is 0.345 e. The molecule has 1 aromatic rings. The molecule has 120 valence electrons. The maximum absolute atomic E-state index is 12.3. The molecule has 1 unspecified atom stereocenters. The number of carbonyl (C=O) groups is 1. The van der Waals surface area contributed by atoms with Crippen LogP contribution in [-0.4, -0.2) is 24.9 Å². The van der Waals surface area contributed by atoms with E-state index in [4.69, 9.17) is 4.74 Å². The highest BCUT2D eigenvalue weighted by Crippen LogP contribution is 2.28. The van der Waals surface area contributed by atoms with Crippen molar-refractivity contribution in [3.8, 4) is 0 Å². The van der Waals surface area contributed by atoms with Crippen LogP contribution in [0.1, 0.15) is 26.3 Å². The molecule has 0 N–H and O–H groups in total. The molecule has 1 aliphatic heterocycles. The van der Waals surface area contributed by atoms with Gasteiger partial charge in [-0.2, -0.15) is 13.2 Å². The molecule has 0 radical (unpaired) electrons. The quantitative estimate of drug-likeness (QED) is 0.849. The third-order valence-corrected chi connectivity index (χ3v) is 3.32. The van der Waals surface area contributed by atoms with Gasteiger partial charge in [-0.1, -0.05) is 32.9 Å². The van der Waals surface area contributed by atoms with Gasteiger partial charge in [0.05, 0.1) is 0 Å². The molecular formula is C16H18F3NO2. The molecule has 1 aliphatic rings. The van der Waals surface area contributed by atoms with Crippen LogP contribution >= 0.6 is 0 Å². The Labute approximate surface area is 127 Å². The number of alkyl halides is 3. The topological polar surface area (TPSA) is 29.5 Å². The number of hydrogen-bond donors (Lipinski definition) is 0. The molecule has 0 bridgehead atoms. The predicted octanol–water partition coefficient (Wildman–Crippen LogP) is 3.79. The molecule has 0 saturated carbocycles. The van der Waals surface area contributed by atoms with Gasteiger partial charge in [0.2, 0.25) is 0 Å². The Balaban J connectivity index is 2.16. The zero-order chi connectivity index (χ0) is 16.5. The molecule has 3 nitrogen and oxygen atoms in total. The number of ether oxygens (including phenoxy) is 1. The van der Waals surface area contributed by atoms with Crippen LogP contribution in [-0.2, 0) is 14.9 Å². The van der Waals surface area contributed by atoms with Crippen LogP contribution < -0.4 is 4.90 Å². The van der Waals surface area contributed by atoms with Gasteiger partial charge in [0.15, 0.2) is 6.23 Å². The van der Waals surface area contributed by atoms with E-state index in [0.717, 1.165) is 5.56 Å². The van der Waals surface area contributed by atoms with Crippen molar-refractivity contribution in [2.75, 3.05) is 11.5 Å². The molecule has 22 heavy (non-hydrogen) atoms. The number of nitrogens with zero attached hydrogens (tertiary/aromatic N) is 1. The number of carbonyl (C=O) groups excluding carboxylic acids is 1. The first-order valence-electron chi connectivity index (χ1n) is 6.88. The third kappa shape index (κ3) is 3.88. The van der Waals surface area contributed by atoms with E-state index in [1.54, 1.807) is 12.1 Å². The van der Waals surface area contributed by atoms with Crippen molar-refractivity contribution in [2.24, 2.45) is 0 Å². The Morgan fingerprint density at radius 1 is 1.14 bits per heavy atom. The number of amides is 1. The fraction of sp³-hybridized carbons (Fsp3) is 0.438. The Morgan fingerprint density at radius 3 is 2.23 bits per heavy atom. The summed E-state index contributed by atoms with van der Waals surface area (Å²) >= 11 is 0. The monoisotopic (exact) mass is 313 g/mol. The lowest BCUT2D eigenvalue weighted by Crippen LogP contribution is -2.37. The summed E-state index contributed by atoms with van der Waals surface area (Å²) in [6.07, 6.45) is -2.92. The van der Waals surface area contributed by atoms with Gasteiger partial charge in [0.25, 0.3) is 5.91 Å². The lowest BCUT2D eigenvalue weighted by molar-refractivity contribution is -0.180. The van der Waals surface area contributed by atoms with E-state index < -0.39 is 24.9 Å². The first-order valence-corrected chi connectivity index (χ1v) is 6.88. The zero-order valence-electron chi connectivity index (χ0n) is 12.6. The fourth-order valence-electron chi connectivity index (χ4n) is 2.16. The second-order valence-corrected chi connectivity index (χ2v) is 6.18. The number of benzene rings is 1. The summed E-state index contributed by atoms with van der Waals surface area (Å²) < 4.78 is 41.6. The van der Waals surface area contributed by atoms with Crippen LogP contribution in [0.25, 0.3) is 0 Å². The lowest BCUT2D eigenvalue weighted by atomic mass is 9.87. The molecular weight excluding hydrogens is 295 g/mol. The van der Waals surface area contributed by atoms with Crippen LogP contribution in [0.5, 0.6) is 0 Å². The van der Waals surface area contributed by atoms with Crippen LogP contribution in [0, 0.1) is 0 Å². The lowest BCUT2D eigenvalue weighted by Gasteiger charge is -2.26. The highest BCUT2D eigenvalue weighted by Gasteiger charge is 2.34. The molecule has 0 saturated heterocycles. The molecule has 0 aromatic heterocycles. The maximum atomic E-state index is 12.3. The van der Waals surface area contributed by atoms with Crippen LogP contribution in [0.15, 0.2) is 36.4 Å². The summed E-state index contributed by atoms with van der Waals surface area (Å²) in [6, 6.07) is 7.16. The summed E-state index contributed by atoms with van der Waals surface area (Å²) in [5.74, 6) is -0.393. The first-order chi connectivity index (χ1) is 10.1. The van der Waals surface area contributed by atoms with Crippen molar-refractivity contribution in [1.82, 2.24) is 0 Å².